The van der Waals surface area contributed by atoms with E-state index in [0.29, 0.717) is 35.3 Å². The summed E-state index contributed by atoms with van der Waals surface area (Å²) in [6.07, 6.45) is 12.3. The molecule has 1 amide bonds. The quantitative estimate of drug-likeness (QED) is 0.388. The molecule has 4 rings (SSSR count). The van der Waals surface area contributed by atoms with E-state index in [1.54, 1.807) is 17.0 Å². The number of nitrogens with two attached hydrogens (primary N) is 1. The van der Waals surface area contributed by atoms with Crippen LogP contribution < -0.4 is 11.1 Å². The van der Waals surface area contributed by atoms with Crippen LogP contribution in [0.2, 0.25) is 0 Å². The van der Waals surface area contributed by atoms with Crippen LogP contribution in [-0.4, -0.2) is 41.7 Å². The summed E-state index contributed by atoms with van der Waals surface area (Å²) in [5.41, 5.74) is 9.40. The summed E-state index contributed by atoms with van der Waals surface area (Å²) < 4.78 is 14.6. The third kappa shape index (κ3) is 6.12. The third-order valence-corrected chi connectivity index (χ3v) is 8.18. The van der Waals surface area contributed by atoms with E-state index in [1.165, 1.54) is 23.5 Å². The van der Waals surface area contributed by atoms with Crippen molar-refractivity contribution in [3.05, 3.63) is 75.4 Å². The molecule has 1 aromatic carbocycles. The monoisotopic (exact) mass is 531 g/mol. The molecule has 198 valence electrons. The molecular weight excluding hydrogens is 497 g/mol. The Kier molecular flexibility index (Phi) is 8.93. The van der Waals surface area contributed by atoms with Gasteiger partial charge in [0.15, 0.2) is 0 Å². The average molecular weight is 532 g/mol. The van der Waals surface area contributed by atoms with E-state index in [2.05, 4.69) is 19.2 Å². The predicted octanol–water partition coefficient (Wildman–Crippen LogP) is 6.01. The Morgan fingerprint density at radius 3 is 2.87 bits per heavy atom. The normalized spacial score (nSPS) is 19.3. The van der Waals surface area contributed by atoms with Crippen LogP contribution in [0.5, 0.6) is 0 Å². The van der Waals surface area contributed by atoms with Crippen LogP contribution in [0.25, 0.3) is 16.7 Å². The molecule has 1 aromatic heterocycles. The Balaban J connectivity index is 1.76. The van der Waals surface area contributed by atoms with Gasteiger partial charge in [-0.05, 0) is 67.2 Å². The van der Waals surface area contributed by atoms with Crippen molar-refractivity contribution in [1.29, 1.82) is 10.7 Å². The molecule has 2 unspecified atom stereocenters. The first kappa shape index (κ1) is 27.5. The van der Waals surface area contributed by atoms with Gasteiger partial charge in [-0.15, -0.1) is 11.3 Å². The Hall–Kier alpha value is -3.54. The zero-order chi connectivity index (χ0) is 27.2. The second-order valence-electron chi connectivity index (χ2n) is 9.82. The number of thiophene rings is 1. The number of carbonyl (C=O) groups excluding carboxylic acids is 1. The highest BCUT2D eigenvalue weighted by Crippen LogP contribution is 2.39. The average Bonchev–Trinajstić information content (AvgIpc) is 3.37. The third-order valence-electron chi connectivity index (χ3n) is 7.01. The van der Waals surface area contributed by atoms with E-state index >= 15 is 0 Å². The van der Waals surface area contributed by atoms with Crippen LogP contribution in [0.15, 0.2) is 54.3 Å². The first-order valence-electron chi connectivity index (χ1n) is 13.2. The molecule has 6 nitrogen and oxygen atoms in total. The molecule has 8 heteroatoms. The van der Waals surface area contributed by atoms with Gasteiger partial charge >= 0.3 is 0 Å². The molecule has 1 aliphatic heterocycles. The minimum atomic E-state index is -0.599. The van der Waals surface area contributed by atoms with Crippen LogP contribution in [-0.2, 0) is 0 Å². The van der Waals surface area contributed by atoms with E-state index < -0.39 is 5.82 Å². The topological polar surface area (TPSA) is 106 Å². The van der Waals surface area contributed by atoms with Crippen LogP contribution >= 0.6 is 11.3 Å². The molecule has 38 heavy (non-hydrogen) atoms. The van der Waals surface area contributed by atoms with E-state index in [4.69, 9.17) is 11.1 Å². The molecule has 2 aliphatic rings. The molecule has 0 bridgehead atoms. The number of nitriles is 1. The standard InChI is InChI=1S/C30H34FN5OS/c1-3-6-24(4-2)35-17-22-13-20(10-11-27(22)34)29-25(19-8-9-21(16-32)26(31)14-19)15-28(38-29)30(37)36-12-5-7-23(33)18-36/h8-11,13-15,17,23-24,34-35H,3-7,12,18,33H2,1-2H3/b22-17-,34-27?. The van der Waals surface area contributed by atoms with Crippen molar-refractivity contribution in [2.75, 3.05) is 13.1 Å². The first-order chi connectivity index (χ1) is 18.3. The van der Waals surface area contributed by atoms with Crippen molar-refractivity contribution in [2.45, 2.75) is 58.0 Å². The lowest BCUT2D eigenvalue weighted by molar-refractivity contribution is 0.0714. The number of benzene rings is 1. The highest BCUT2D eigenvalue weighted by molar-refractivity contribution is 7.15. The van der Waals surface area contributed by atoms with E-state index in [1.807, 2.05) is 30.5 Å². The van der Waals surface area contributed by atoms with Crippen molar-refractivity contribution in [1.82, 2.24) is 10.2 Å². The number of nitrogens with one attached hydrogen (secondary N) is 2. The van der Waals surface area contributed by atoms with Gasteiger partial charge in [0, 0.05) is 47.4 Å². The second-order valence-corrected chi connectivity index (χ2v) is 10.9. The summed E-state index contributed by atoms with van der Waals surface area (Å²) >= 11 is 1.36. The number of carbonyl (C=O) groups is 1. The molecule has 2 atom stereocenters. The molecule has 2 aromatic rings. The molecule has 1 fully saturated rings. The Morgan fingerprint density at radius 1 is 1.37 bits per heavy atom. The van der Waals surface area contributed by atoms with Crippen molar-refractivity contribution in [2.24, 2.45) is 5.73 Å². The van der Waals surface area contributed by atoms with Crippen molar-refractivity contribution >= 4 is 28.5 Å². The highest BCUT2D eigenvalue weighted by atomic mass is 32.1. The summed E-state index contributed by atoms with van der Waals surface area (Å²) in [4.78, 5) is 16.6. The van der Waals surface area contributed by atoms with E-state index in [-0.39, 0.29) is 17.5 Å². The van der Waals surface area contributed by atoms with Crippen LogP contribution in [0.3, 0.4) is 0 Å². The van der Waals surface area contributed by atoms with Gasteiger partial charge in [-0.2, -0.15) is 5.26 Å². The number of nitrogens with zero attached hydrogens (tertiary/aromatic N) is 2. The summed E-state index contributed by atoms with van der Waals surface area (Å²) in [6, 6.07) is 8.50. The fraction of sp³-hybridized carbons (Fsp3) is 0.367. The van der Waals surface area contributed by atoms with Gasteiger partial charge in [-0.3, -0.25) is 4.79 Å². The minimum absolute atomic E-state index is 0.0248. The van der Waals surface area contributed by atoms with Crippen LogP contribution in [0, 0.1) is 22.6 Å². The number of rotatable bonds is 8. The predicted molar refractivity (Wildman–Crippen MR) is 153 cm³/mol. The zero-order valence-electron chi connectivity index (χ0n) is 21.9. The number of likely N-dealkylation sites (tertiary alicyclic amines) is 1. The maximum atomic E-state index is 14.6. The van der Waals surface area contributed by atoms with Gasteiger partial charge < -0.3 is 21.4 Å². The summed E-state index contributed by atoms with van der Waals surface area (Å²) in [6.45, 7) is 5.47. The fourth-order valence-electron chi connectivity index (χ4n) is 4.83. The molecule has 0 radical (unpaired) electrons. The second kappa shape index (κ2) is 12.3. The fourth-order valence-corrected chi connectivity index (χ4v) is 5.98. The molecular formula is C30H34FN5OS. The minimum Gasteiger partial charge on any atom is -0.388 e. The largest absolute Gasteiger partial charge is 0.388 e. The molecule has 4 N–H and O–H groups in total. The maximum absolute atomic E-state index is 14.6. The zero-order valence-corrected chi connectivity index (χ0v) is 22.7. The molecule has 1 aliphatic carbocycles. The van der Waals surface area contributed by atoms with Crippen LogP contribution in [0.4, 0.5) is 4.39 Å². The van der Waals surface area contributed by atoms with Gasteiger partial charge in [-0.25, -0.2) is 4.39 Å². The number of hydrogen-bond acceptors (Lipinski definition) is 6. The smallest absolute Gasteiger partial charge is 0.264 e. The van der Waals surface area contributed by atoms with Crippen molar-refractivity contribution in [3.63, 3.8) is 0 Å². The Morgan fingerprint density at radius 2 is 2.18 bits per heavy atom. The van der Waals surface area contributed by atoms with Gasteiger partial charge in [0.1, 0.15) is 11.9 Å². The highest BCUT2D eigenvalue weighted by Gasteiger charge is 2.26. The molecule has 0 spiro atoms. The van der Waals surface area contributed by atoms with Gasteiger partial charge in [0.05, 0.1) is 16.2 Å². The number of amides is 1. The lowest BCUT2D eigenvalue weighted by atomic mass is 9.95. The summed E-state index contributed by atoms with van der Waals surface area (Å²) in [7, 11) is 0. The van der Waals surface area contributed by atoms with Gasteiger partial charge in [0.2, 0.25) is 0 Å². The van der Waals surface area contributed by atoms with Crippen molar-refractivity contribution in [3.8, 4) is 17.2 Å². The maximum Gasteiger partial charge on any atom is 0.264 e. The SMILES string of the molecule is CCCC(CC)N/C=C1/C=C(c2sc(C(=O)N3CCCC(N)C3)cc2-c2ccc(C#N)c(F)c2)C=CC1=N. The van der Waals surface area contributed by atoms with Gasteiger partial charge in [0.25, 0.3) is 5.91 Å². The van der Waals surface area contributed by atoms with Gasteiger partial charge in [-0.1, -0.05) is 32.4 Å². The lowest BCUT2D eigenvalue weighted by Crippen LogP contribution is -2.45. The Bertz CT molecular complexity index is 1350. The van der Waals surface area contributed by atoms with E-state index in [0.717, 1.165) is 53.7 Å². The number of piperidine rings is 1. The Labute approximate surface area is 227 Å². The molecule has 1 saturated heterocycles. The number of hydrogen-bond donors (Lipinski definition) is 3. The molecule has 0 saturated carbocycles. The number of allylic oxidation sites excluding steroid dienone is 5. The lowest BCUT2D eigenvalue weighted by Gasteiger charge is -2.30. The van der Waals surface area contributed by atoms with Crippen molar-refractivity contribution < 1.29 is 9.18 Å². The summed E-state index contributed by atoms with van der Waals surface area (Å²) in [5.74, 6) is -0.680. The van der Waals surface area contributed by atoms with E-state index in [9.17, 15) is 14.4 Å². The number of halogens is 1. The molecule has 2 heterocycles. The first-order valence-corrected chi connectivity index (χ1v) is 14.0. The van der Waals surface area contributed by atoms with Crippen LogP contribution in [0.1, 0.15) is 66.1 Å². The summed E-state index contributed by atoms with van der Waals surface area (Å²) in [5, 5.41) is 21.1.